The first-order valence-electron chi connectivity index (χ1n) is 9.37. The Kier molecular flexibility index (Phi) is 5.63. The van der Waals surface area contributed by atoms with Gasteiger partial charge in [0.2, 0.25) is 0 Å². The summed E-state index contributed by atoms with van der Waals surface area (Å²) < 4.78 is 59.2. The molecule has 0 saturated heterocycles. The smallest absolute Gasteiger partial charge is 0.387 e. The Hall–Kier alpha value is -4.14. The molecule has 2 aromatic carbocycles. The molecule has 0 aliphatic heterocycles. The molecule has 4 aromatic rings. The van der Waals surface area contributed by atoms with E-state index in [0.717, 1.165) is 18.3 Å². The van der Waals surface area contributed by atoms with Crippen LogP contribution < -0.4 is 10.5 Å². The van der Waals surface area contributed by atoms with Gasteiger partial charge in [0.25, 0.3) is 0 Å². The third-order valence-corrected chi connectivity index (χ3v) is 4.84. The van der Waals surface area contributed by atoms with E-state index in [1.807, 2.05) is 0 Å². The van der Waals surface area contributed by atoms with Crippen LogP contribution in [-0.2, 0) is 0 Å². The SMILES string of the molecule is N=C(/C(=C\N)c1ccc2ncc(-c3ccc(OC(F)F)cc3)n2c1)c1c(F)cccc1F. The number of imidazole rings is 1. The van der Waals surface area contributed by atoms with E-state index in [2.05, 4.69) is 9.72 Å². The Balaban J connectivity index is 1.74. The van der Waals surface area contributed by atoms with Gasteiger partial charge in [-0.2, -0.15) is 8.78 Å². The molecule has 0 bridgehead atoms. The number of benzene rings is 2. The molecule has 0 spiro atoms. The lowest BCUT2D eigenvalue weighted by Crippen LogP contribution is -2.10. The van der Waals surface area contributed by atoms with Crippen molar-refractivity contribution in [2.45, 2.75) is 6.61 Å². The van der Waals surface area contributed by atoms with E-state index in [4.69, 9.17) is 11.1 Å². The van der Waals surface area contributed by atoms with Gasteiger partial charge in [0.05, 0.1) is 23.2 Å². The summed E-state index contributed by atoms with van der Waals surface area (Å²) in [7, 11) is 0. The highest BCUT2D eigenvalue weighted by molar-refractivity contribution is 6.30. The molecule has 0 saturated carbocycles. The lowest BCUT2D eigenvalue weighted by molar-refractivity contribution is -0.0498. The molecule has 0 amide bonds. The Labute approximate surface area is 179 Å². The van der Waals surface area contributed by atoms with E-state index < -0.39 is 29.5 Å². The number of allylic oxidation sites excluding steroid dienone is 1. The van der Waals surface area contributed by atoms with Crippen molar-refractivity contribution in [2.24, 2.45) is 5.73 Å². The van der Waals surface area contributed by atoms with E-state index in [-0.39, 0.29) is 11.3 Å². The van der Waals surface area contributed by atoms with Gasteiger partial charge in [0.15, 0.2) is 0 Å². The molecule has 4 rings (SSSR count). The number of pyridine rings is 1. The van der Waals surface area contributed by atoms with Crippen molar-refractivity contribution in [2.75, 3.05) is 0 Å². The predicted molar refractivity (Wildman–Crippen MR) is 113 cm³/mol. The van der Waals surface area contributed by atoms with E-state index in [9.17, 15) is 17.6 Å². The van der Waals surface area contributed by atoms with Gasteiger partial charge >= 0.3 is 6.61 Å². The number of fused-ring (bicyclic) bond motifs is 1. The average molecular weight is 440 g/mol. The maximum Gasteiger partial charge on any atom is 0.387 e. The van der Waals surface area contributed by atoms with Crippen molar-refractivity contribution in [1.82, 2.24) is 9.38 Å². The Bertz CT molecular complexity index is 1310. The first-order valence-corrected chi connectivity index (χ1v) is 9.37. The second kappa shape index (κ2) is 8.54. The van der Waals surface area contributed by atoms with Gasteiger partial charge in [0.1, 0.15) is 23.0 Å². The van der Waals surface area contributed by atoms with Crippen molar-refractivity contribution in [3.63, 3.8) is 0 Å². The molecule has 0 aliphatic carbocycles. The lowest BCUT2D eigenvalue weighted by Gasteiger charge is -2.12. The third-order valence-electron chi connectivity index (χ3n) is 4.84. The van der Waals surface area contributed by atoms with Crippen LogP contribution in [0.25, 0.3) is 22.5 Å². The number of alkyl halides is 2. The number of hydrogen-bond acceptors (Lipinski definition) is 4. The van der Waals surface area contributed by atoms with Gasteiger partial charge in [-0.3, -0.25) is 9.81 Å². The minimum atomic E-state index is -2.92. The number of halogens is 4. The maximum atomic E-state index is 14.2. The zero-order valence-corrected chi connectivity index (χ0v) is 16.4. The summed E-state index contributed by atoms with van der Waals surface area (Å²) in [6, 6.07) is 12.7. The van der Waals surface area contributed by atoms with Crippen LogP contribution in [0.5, 0.6) is 5.75 Å². The summed E-state index contributed by atoms with van der Waals surface area (Å²) in [5.41, 5.74) is 7.26. The molecular weight excluding hydrogens is 424 g/mol. The highest BCUT2D eigenvalue weighted by Gasteiger charge is 2.19. The highest BCUT2D eigenvalue weighted by Crippen LogP contribution is 2.27. The summed E-state index contributed by atoms with van der Waals surface area (Å²) in [5.74, 6) is -1.72. The van der Waals surface area contributed by atoms with Crippen LogP contribution in [0.3, 0.4) is 0 Å². The van der Waals surface area contributed by atoms with Crippen molar-refractivity contribution < 1.29 is 22.3 Å². The van der Waals surface area contributed by atoms with Crippen LogP contribution in [0.2, 0.25) is 0 Å². The van der Waals surface area contributed by atoms with Gasteiger partial charge in [-0.1, -0.05) is 6.07 Å². The van der Waals surface area contributed by atoms with Gasteiger partial charge in [-0.15, -0.1) is 0 Å². The molecule has 0 fully saturated rings. The number of rotatable bonds is 6. The molecule has 5 nitrogen and oxygen atoms in total. The molecule has 0 aliphatic rings. The largest absolute Gasteiger partial charge is 0.435 e. The quantitative estimate of drug-likeness (QED) is 0.318. The second-order valence-corrected chi connectivity index (χ2v) is 6.74. The highest BCUT2D eigenvalue weighted by atomic mass is 19.3. The first-order chi connectivity index (χ1) is 15.4. The van der Waals surface area contributed by atoms with Crippen molar-refractivity contribution in [3.8, 4) is 17.0 Å². The van der Waals surface area contributed by atoms with Crippen molar-refractivity contribution >= 4 is 16.9 Å². The van der Waals surface area contributed by atoms with Crippen molar-refractivity contribution in [1.29, 1.82) is 5.41 Å². The van der Waals surface area contributed by atoms with Crippen molar-refractivity contribution in [3.05, 3.63) is 96.0 Å². The van der Waals surface area contributed by atoms with Gasteiger partial charge in [-0.05, 0) is 48.5 Å². The molecule has 162 valence electrons. The second-order valence-electron chi connectivity index (χ2n) is 6.74. The summed E-state index contributed by atoms with van der Waals surface area (Å²) in [4.78, 5) is 4.31. The van der Waals surface area contributed by atoms with E-state index in [1.54, 1.807) is 41.1 Å². The number of nitrogens with zero attached hydrogens (tertiary/aromatic N) is 2. The zero-order chi connectivity index (χ0) is 22.8. The Morgan fingerprint density at radius 2 is 1.72 bits per heavy atom. The molecule has 2 aromatic heterocycles. The number of aromatic nitrogens is 2. The van der Waals surface area contributed by atoms with Crippen LogP contribution in [0, 0.1) is 17.0 Å². The fourth-order valence-electron chi connectivity index (χ4n) is 3.36. The minimum Gasteiger partial charge on any atom is -0.435 e. The average Bonchev–Trinajstić information content (AvgIpc) is 3.18. The normalized spacial score (nSPS) is 11.8. The van der Waals surface area contributed by atoms with Crippen LogP contribution in [-0.4, -0.2) is 21.7 Å². The minimum absolute atomic E-state index is 0.0203. The molecule has 0 atom stereocenters. The van der Waals surface area contributed by atoms with E-state index in [0.29, 0.717) is 22.5 Å². The topological polar surface area (TPSA) is 76.4 Å². The van der Waals surface area contributed by atoms with Crippen LogP contribution >= 0.6 is 0 Å². The molecule has 0 unspecified atom stereocenters. The molecule has 3 N–H and O–H groups in total. The summed E-state index contributed by atoms with van der Waals surface area (Å²) >= 11 is 0. The Morgan fingerprint density at radius 1 is 1.03 bits per heavy atom. The lowest BCUT2D eigenvalue weighted by atomic mass is 9.97. The fourth-order valence-corrected chi connectivity index (χ4v) is 3.36. The fraction of sp³-hybridized carbons (Fsp3) is 0.0435. The van der Waals surface area contributed by atoms with Crippen LogP contribution in [0.15, 0.2) is 73.2 Å². The molecule has 9 heteroatoms. The van der Waals surface area contributed by atoms with E-state index in [1.165, 1.54) is 18.2 Å². The third kappa shape index (κ3) is 3.92. The van der Waals surface area contributed by atoms with E-state index >= 15 is 0 Å². The Morgan fingerprint density at radius 3 is 2.34 bits per heavy atom. The molecule has 32 heavy (non-hydrogen) atoms. The van der Waals surface area contributed by atoms with Crippen LogP contribution in [0.1, 0.15) is 11.1 Å². The predicted octanol–water partition coefficient (Wildman–Crippen LogP) is 5.25. The van der Waals surface area contributed by atoms with Gasteiger partial charge in [-0.25, -0.2) is 13.8 Å². The van der Waals surface area contributed by atoms with Gasteiger partial charge < -0.3 is 10.5 Å². The number of nitrogens with one attached hydrogen (secondary N) is 1. The molecule has 0 radical (unpaired) electrons. The molecule has 2 heterocycles. The zero-order valence-electron chi connectivity index (χ0n) is 16.4. The summed E-state index contributed by atoms with van der Waals surface area (Å²) in [5, 5.41) is 8.35. The van der Waals surface area contributed by atoms with Gasteiger partial charge in [0, 0.05) is 29.1 Å². The first kappa shape index (κ1) is 21.1. The monoisotopic (exact) mass is 440 g/mol. The molecular formula is C23H16F4N4O. The summed E-state index contributed by atoms with van der Waals surface area (Å²) in [6.07, 6.45) is 4.34. The number of hydrogen-bond donors (Lipinski definition) is 2. The standard InChI is InChI=1S/C23H16F4N4O/c24-17-2-1-3-18(25)21(17)22(29)16(10-28)14-6-9-20-30-11-19(31(20)12-14)13-4-7-15(8-5-13)32-23(26)27/h1-12,23,29H,28H2/b16-10-,29-22?. The number of nitrogens with two attached hydrogens (primary N) is 1. The summed E-state index contributed by atoms with van der Waals surface area (Å²) in [6.45, 7) is -2.92. The number of ether oxygens (including phenoxy) is 1. The maximum absolute atomic E-state index is 14.2. The van der Waals surface area contributed by atoms with Crippen LogP contribution in [0.4, 0.5) is 17.6 Å².